The minimum absolute atomic E-state index is 0.0171. The third kappa shape index (κ3) is 8.10. The largest absolute Gasteiger partial charge is 0.505 e. The van der Waals surface area contributed by atoms with Crippen molar-refractivity contribution in [3.63, 3.8) is 0 Å². The Labute approximate surface area is 234 Å². The summed E-state index contributed by atoms with van der Waals surface area (Å²) in [6.45, 7) is 6.86. The predicted molar refractivity (Wildman–Crippen MR) is 151 cm³/mol. The number of phenols is 2. The van der Waals surface area contributed by atoms with E-state index in [9.17, 15) is 24.9 Å². The second-order valence-electron chi connectivity index (χ2n) is 9.71. The molecule has 6 N–H and O–H groups in total. The third-order valence-electron chi connectivity index (χ3n) is 6.65. The number of hydrogen-bond donors (Lipinski definition) is 5. The van der Waals surface area contributed by atoms with Crippen molar-refractivity contribution < 1.29 is 43.9 Å². The van der Waals surface area contributed by atoms with Crippen molar-refractivity contribution in [1.82, 2.24) is 0 Å². The zero-order chi connectivity index (χ0) is 30.1. The Balaban J connectivity index is 2.72. The fraction of sp³-hybridized carbons (Fsp3) is 0.448. The van der Waals surface area contributed by atoms with Gasteiger partial charge in [0.2, 0.25) is 0 Å². The van der Waals surface area contributed by atoms with Crippen LogP contribution in [-0.4, -0.2) is 73.1 Å². The maximum absolute atomic E-state index is 12.9. The number of allylic oxidation sites excluding steroid dienone is 2. The van der Waals surface area contributed by atoms with Crippen LogP contribution < -0.4 is 15.8 Å². The van der Waals surface area contributed by atoms with Gasteiger partial charge in [0.15, 0.2) is 17.6 Å². The van der Waals surface area contributed by atoms with E-state index >= 15 is 0 Å². The molecule has 0 aliphatic carbocycles. The predicted octanol–water partition coefficient (Wildman–Crippen LogP) is 3.79. The van der Waals surface area contributed by atoms with Gasteiger partial charge in [-0.3, -0.25) is 4.79 Å². The molecule has 0 fully saturated rings. The molecule has 0 spiro atoms. The Bertz CT molecular complexity index is 1200. The van der Waals surface area contributed by atoms with Gasteiger partial charge in [-0.15, -0.1) is 0 Å². The van der Waals surface area contributed by atoms with Crippen LogP contribution in [0, 0.1) is 5.92 Å². The van der Waals surface area contributed by atoms with Crippen LogP contribution in [0.4, 0.5) is 10.5 Å². The second-order valence-corrected chi connectivity index (χ2v) is 9.71. The van der Waals surface area contributed by atoms with E-state index < -0.39 is 42.3 Å². The number of phenolic OH excluding ortho intramolecular Hbond substituents is 2. The molecule has 40 heavy (non-hydrogen) atoms. The Kier molecular flexibility index (Phi) is 11.8. The highest BCUT2D eigenvalue weighted by Crippen LogP contribution is 2.43. The van der Waals surface area contributed by atoms with Crippen molar-refractivity contribution in [1.29, 1.82) is 0 Å². The molecule has 11 nitrogen and oxygen atoms in total. The number of hydrogen-bond acceptors (Lipinski definition) is 9. The number of amides is 2. The lowest BCUT2D eigenvalue weighted by Gasteiger charge is -2.28. The van der Waals surface area contributed by atoms with E-state index in [1.165, 1.54) is 33.5 Å². The van der Waals surface area contributed by atoms with E-state index in [-0.39, 0.29) is 40.5 Å². The molecule has 2 rings (SSSR count). The lowest BCUT2D eigenvalue weighted by Crippen LogP contribution is -2.36. The molecule has 0 unspecified atom stereocenters. The van der Waals surface area contributed by atoms with E-state index in [2.05, 4.69) is 5.32 Å². The summed E-state index contributed by atoms with van der Waals surface area (Å²) in [4.78, 5) is 24.6. The number of aliphatic hydroxyl groups excluding tert-OH is 1. The zero-order valence-corrected chi connectivity index (χ0v) is 23.9. The van der Waals surface area contributed by atoms with Crippen LogP contribution in [0.3, 0.4) is 0 Å². The molecule has 5 atom stereocenters. The van der Waals surface area contributed by atoms with Gasteiger partial charge in [0, 0.05) is 31.8 Å². The van der Waals surface area contributed by atoms with Crippen LogP contribution in [0.5, 0.6) is 17.2 Å². The molecule has 11 heteroatoms. The minimum Gasteiger partial charge on any atom is -0.505 e. The number of carbonyl (C=O) groups is 2. The molecular formula is C29H40N2O9. The highest BCUT2D eigenvalue weighted by atomic mass is 16.6. The highest BCUT2D eigenvalue weighted by molar-refractivity contribution is 6.05. The van der Waals surface area contributed by atoms with Crippen LogP contribution in [0.2, 0.25) is 0 Å². The smallest absolute Gasteiger partial charge is 0.405 e. The Morgan fingerprint density at radius 1 is 1.12 bits per heavy atom. The molecule has 0 saturated heterocycles. The lowest BCUT2D eigenvalue weighted by molar-refractivity contribution is -0.112. The lowest BCUT2D eigenvalue weighted by atomic mass is 9.91. The van der Waals surface area contributed by atoms with Gasteiger partial charge in [-0.05, 0) is 38.8 Å². The van der Waals surface area contributed by atoms with Gasteiger partial charge in [0.1, 0.15) is 11.9 Å². The van der Waals surface area contributed by atoms with Crippen LogP contribution in [0.25, 0.3) is 6.08 Å². The Morgan fingerprint density at radius 2 is 1.80 bits per heavy atom. The van der Waals surface area contributed by atoms with Crippen molar-refractivity contribution in [3.8, 4) is 17.2 Å². The summed E-state index contributed by atoms with van der Waals surface area (Å²) in [6, 6.07) is 1.19. The standard InChI is InChI=1S/C29H40N2O9/c1-15-11-19-25(34)20(14-21(32)27(19)39-7)31-28(35)16(2)9-8-10-22(37-5)26(40-29(30)36)18(4)13-17(3)24(33)23(12-15)38-6/h8-11,13-14,17,22-24,26,32-34H,12H2,1-7H3,(H2,30,36)(H,31,35)/t17-,22+,23-,24+,26-/m0/s1. The summed E-state index contributed by atoms with van der Waals surface area (Å²) in [7, 11) is 4.25. The average molecular weight is 561 g/mol. The first-order valence-corrected chi connectivity index (χ1v) is 12.7. The molecular weight excluding hydrogens is 520 g/mol. The molecule has 2 bridgehead atoms. The van der Waals surface area contributed by atoms with Crippen LogP contribution in [0.15, 0.2) is 47.1 Å². The first kappa shape index (κ1) is 32.4. The van der Waals surface area contributed by atoms with Crippen molar-refractivity contribution >= 4 is 23.8 Å². The van der Waals surface area contributed by atoms with Gasteiger partial charge in [0.25, 0.3) is 5.91 Å². The van der Waals surface area contributed by atoms with Gasteiger partial charge < -0.3 is 45.3 Å². The van der Waals surface area contributed by atoms with Crippen molar-refractivity contribution in [3.05, 3.63) is 52.7 Å². The van der Waals surface area contributed by atoms with E-state index in [0.29, 0.717) is 11.1 Å². The fourth-order valence-corrected chi connectivity index (χ4v) is 4.47. The first-order valence-electron chi connectivity index (χ1n) is 12.7. The number of rotatable bonds is 4. The maximum atomic E-state index is 12.9. The van der Waals surface area contributed by atoms with Gasteiger partial charge in [-0.2, -0.15) is 0 Å². The minimum atomic E-state index is -0.998. The Morgan fingerprint density at radius 3 is 2.38 bits per heavy atom. The number of primary amides is 1. The number of aromatic hydroxyl groups is 2. The average Bonchev–Trinajstić information content (AvgIpc) is 2.90. The molecule has 1 aromatic carbocycles. The van der Waals surface area contributed by atoms with E-state index in [1.807, 2.05) is 0 Å². The summed E-state index contributed by atoms with van der Waals surface area (Å²) in [6.07, 6.45) is 3.94. The summed E-state index contributed by atoms with van der Waals surface area (Å²) in [5, 5.41) is 35.3. The van der Waals surface area contributed by atoms with E-state index in [0.717, 1.165) is 0 Å². The molecule has 220 valence electrons. The van der Waals surface area contributed by atoms with Gasteiger partial charge in [-0.25, -0.2) is 4.79 Å². The highest BCUT2D eigenvalue weighted by Gasteiger charge is 2.29. The zero-order valence-electron chi connectivity index (χ0n) is 23.9. The number of ether oxygens (including phenoxy) is 4. The number of fused-ring (bicyclic) bond motifs is 2. The summed E-state index contributed by atoms with van der Waals surface area (Å²) >= 11 is 0. The molecule has 0 radical (unpaired) electrons. The summed E-state index contributed by atoms with van der Waals surface area (Å²) < 4.78 is 21.8. The van der Waals surface area contributed by atoms with Crippen molar-refractivity contribution in [2.45, 2.75) is 58.5 Å². The third-order valence-corrected chi connectivity index (χ3v) is 6.65. The number of nitrogens with one attached hydrogen (secondary N) is 1. The van der Waals surface area contributed by atoms with Gasteiger partial charge >= 0.3 is 6.09 Å². The van der Waals surface area contributed by atoms with Gasteiger partial charge in [-0.1, -0.05) is 36.8 Å². The molecule has 0 saturated carbocycles. The number of carbonyl (C=O) groups excluding carboxylic acids is 2. The van der Waals surface area contributed by atoms with Crippen LogP contribution in [-0.2, 0) is 19.0 Å². The molecule has 1 heterocycles. The van der Waals surface area contributed by atoms with Crippen molar-refractivity contribution in [2.24, 2.45) is 11.7 Å². The first-order chi connectivity index (χ1) is 18.8. The van der Waals surface area contributed by atoms with Crippen LogP contribution >= 0.6 is 0 Å². The topological polar surface area (TPSA) is 170 Å². The second kappa shape index (κ2) is 14.5. The molecule has 1 aliphatic rings. The normalized spacial score (nSPS) is 24.9. The number of benzene rings is 1. The number of aliphatic hydroxyl groups is 1. The molecule has 2 amide bonds. The fourth-order valence-electron chi connectivity index (χ4n) is 4.47. The maximum Gasteiger partial charge on any atom is 0.405 e. The monoisotopic (exact) mass is 560 g/mol. The number of nitrogens with two attached hydrogens (primary N) is 1. The summed E-state index contributed by atoms with van der Waals surface area (Å²) in [5.41, 5.74) is 6.98. The quantitative estimate of drug-likeness (QED) is 0.209. The Hall–Kier alpha value is -3.80. The SMILES string of the molecule is COc1c(O)cc2c(O)c1C=C(C)C[C@H](OC)[C@H](O)[C@@H](C)C=C(C)[C@H](OC(N)=O)[C@H](OC)C=CC=C(C)C(=O)N2. The molecule has 1 aliphatic heterocycles. The van der Waals surface area contributed by atoms with Crippen LogP contribution in [0.1, 0.15) is 39.7 Å². The molecule has 0 aromatic heterocycles. The van der Waals surface area contributed by atoms with Crippen molar-refractivity contribution in [2.75, 3.05) is 26.6 Å². The van der Waals surface area contributed by atoms with Gasteiger partial charge in [0.05, 0.1) is 30.6 Å². The summed E-state index contributed by atoms with van der Waals surface area (Å²) in [5.74, 6) is -1.57. The van der Waals surface area contributed by atoms with E-state index in [1.54, 1.807) is 52.0 Å². The number of anilines is 1. The van der Waals surface area contributed by atoms with E-state index in [4.69, 9.17) is 24.7 Å². The number of methoxy groups -OCH3 is 3. The molecule has 1 aromatic rings.